The van der Waals surface area contributed by atoms with Crippen molar-refractivity contribution in [2.75, 3.05) is 18.0 Å². The summed E-state index contributed by atoms with van der Waals surface area (Å²) in [5, 5.41) is 3.58. The van der Waals surface area contributed by atoms with E-state index in [0.29, 0.717) is 16.6 Å². The standard InChI is InChI=1S/C19H20ClF2N3O2/c20-12-1-2-15-14(5-12)24-17(27-15)25-9-18(10-25)7-13(8-18)23-16(26)11-3-4-19(21,22)6-11/h1-2,5,11,13H,3-4,6-10H2,(H,23,26). The molecule has 1 atom stereocenters. The van der Waals surface area contributed by atoms with Crippen LogP contribution in [0.2, 0.25) is 5.02 Å². The van der Waals surface area contributed by atoms with Crippen LogP contribution in [0.3, 0.4) is 0 Å². The fraction of sp³-hybridized carbons (Fsp3) is 0.579. The summed E-state index contributed by atoms with van der Waals surface area (Å²) >= 11 is 5.98. The van der Waals surface area contributed by atoms with Gasteiger partial charge in [-0.2, -0.15) is 4.98 Å². The molecule has 1 aromatic carbocycles. The number of anilines is 1. The number of hydrogen-bond donors (Lipinski definition) is 1. The quantitative estimate of drug-likeness (QED) is 0.853. The number of amides is 1. The Morgan fingerprint density at radius 2 is 2.07 bits per heavy atom. The van der Waals surface area contributed by atoms with Crippen LogP contribution in [0, 0.1) is 11.3 Å². The minimum absolute atomic E-state index is 0.0938. The monoisotopic (exact) mass is 395 g/mol. The van der Waals surface area contributed by atoms with Gasteiger partial charge in [-0.1, -0.05) is 11.6 Å². The minimum Gasteiger partial charge on any atom is -0.423 e. The highest BCUT2D eigenvalue weighted by Gasteiger charge is 2.54. The second-order valence-electron chi connectivity index (χ2n) is 8.37. The number of nitrogens with one attached hydrogen (secondary N) is 1. The molecule has 5 nitrogen and oxygen atoms in total. The number of hydrogen-bond acceptors (Lipinski definition) is 4. The van der Waals surface area contributed by atoms with Crippen LogP contribution in [0.4, 0.5) is 14.8 Å². The van der Waals surface area contributed by atoms with E-state index in [4.69, 9.17) is 16.0 Å². The first-order valence-electron chi connectivity index (χ1n) is 9.30. The Kier molecular flexibility index (Phi) is 3.70. The minimum atomic E-state index is -2.68. The van der Waals surface area contributed by atoms with Crippen molar-refractivity contribution in [1.82, 2.24) is 10.3 Å². The average molecular weight is 396 g/mol. The Morgan fingerprint density at radius 3 is 2.78 bits per heavy atom. The maximum absolute atomic E-state index is 13.3. The Bertz CT molecular complexity index is 901. The lowest BCUT2D eigenvalue weighted by molar-refractivity contribution is -0.128. The molecule has 0 bridgehead atoms. The molecular formula is C19H20ClF2N3O2. The molecule has 1 unspecified atom stereocenters. The molecule has 1 N–H and O–H groups in total. The molecule has 2 aromatic rings. The second-order valence-corrected chi connectivity index (χ2v) is 8.81. The van der Waals surface area contributed by atoms with Gasteiger partial charge in [0.15, 0.2) is 5.58 Å². The van der Waals surface area contributed by atoms with E-state index in [-0.39, 0.29) is 36.6 Å². The van der Waals surface area contributed by atoms with Crippen LogP contribution in [0.25, 0.3) is 11.1 Å². The summed E-state index contributed by atoms with van der Waals surface area (Å²) in [6.07, 6.45) is 1.55. The van der Waals surface area contributed by atoms with Crippen molar-refractivity contribution in [1.29, 1.82) is 0 Å². The summed E-state index contributed by atoms with van der Waals surface area (Å²) < 4.78 is 32.3. The smallest absolute Gasteiger partial charge is 0.298 e. The molecule has 3 fully saturated rings. The Labute approximate surface area is 160 Å². The van der Waals surface area contributed by atoms with Crippen LogP contribution in [0.1, 0.15) is 32.1 Å². The number of benzene rings is 1. The van der Waals surface area contributed by atoms with E-state index in [2.05, 4.69) is 15.2 Å². The number of alkyl halides is 2. The third-order valence-electron chi connectivity index (χ3n) is 6.14. The molecule has 1 amide bonds. The molecule has 8 heteroatoms. The molecular weight excluding hydrogens is 376 g/mol. The Balaban J connectivity index is 1.14. The molecule has 3 aliphatic rings. The molecule has 1 saturated heterocycles. The van der Waals surface area contributed by atoms with Crippen molar-refractivity contribution >= 4 is 34.6 Å². The van der Waals surface area contributed by atoms with Crippen molar-refractivity contribution in [2.24, 2.45) is 11.3 Å². The normalized spacial score (nSPS) is 26.2. The van der Waals surface area contributed by atoms with Crippen molar-refractivity contribution in [2.45, 2.75) is 44.1 Å². The van der Waals surface area contributed by atoms with Gasteiger partial charge in [0, 0.05) is 48.3 Å². The van der Waals surface area contributed by atoms with Gasteiger partial charge in [0.1, 0.15) is 5.52 Å². The lowest BCUT2D eigenvalue weighted by Gasteiger charge is -2.58. The number of carbonyl (C=O) groups is 1. The first-order valence-corrected chi connectivity index (χ1v) is 9.68. The maximum Gasteiger partial charge on any atom is 0.298 e. The fourth-order valence-electron chi connectivity index (χ4n) is 4.76. The van der Waals surface area contributed by atoms with Crippen LogP contribution >= 0.6 is 11.6 Å². The second kappa shape index (κ2) is 5.80. The summed E-state index contributed by atoms with van der Waals surface area (Å²) in [6, 6.07) is 6.05. The van der Waals surface area contributed by atoms with Crippen LogP contribution < -0.4 is 10.2 Å². The SMILES string of the molecule is O=C(NC1CC2(C1)CN(c1nc3cc(Cl)ccc3o1)C2)C1CCC(F)(F)C1. The highest BCUT2D eigenvalue weighted by Crippen LogP contribution is 2.50. The van der Waals surface area contributed by atoms with Crippen molar-refractivity contribution in [3.8, 4) is 0 Å². The van der Waals surface area contributed by atoms with E-state index in [1.165, 1.54) is 0 Å². The Hall–Kier alpha value is -1.89. The predicted molar refractivity (Wildman–Crippen MR) is 97.1 cm³/mol. The number of carbonyl (C=O) groups excluding carboxylic acids is 1. The summed E-state index contributed by atoms with van der Waals surface area (Å²) in [5.74, 6) is -3.43. The zero-order chi connectivity index (χ0) is 18.8. The molecule has 2 aliphatic carbocycles. The molecule has 1 spiro atoms. The molecule has 144 valence electrons. The van der Waals surface area contributed by atoms with Gasteiger partial charge >= 0.3 is 0 Å². The van der Waals surface area contributed by atoms with E-state index in [1.54, 1.807) is 12.1 Å². The van der Waals surface area contributed by atoms with E-state index < -0.39 is 11.8 Å². The van der Waals surface area contributed by atoms with Crippen LogP contribution in [-0.4, -0.2) is 35.9 Å². The largest absolute Gasteiger partial charge is 0.423 e. The number of aromatic nitrogens is 1. The van der Waals surface area contributed by atoms with Gasteiger partial charge in [0.25, 0.3) is 6.01 Å². The number of oxazole rings is 1. The summed E-state index contributed by atoms with van der Waals surface area (Å²) in [7, 11) is 0. The third kappa shape index (κ3) is 3.06. The van der Waals surface area contributed by atoms with Gasteiger partial charge in [0.05, 0.1) is 0 Å². The molecule has 0 radical (unpaired) electrons. The zero-order valence-corrected chi connectivity index (χ0v) is 15.4. The third-order valence-corrected chi connectivity index (χ3v) is 6.38. The van der Waals surface area contributed by atoms with Gasteiger partial charge in [0.2, 0.25) is 11.8 Å². The van der Waals surface area contributed by atoms with Crippen LogP contribution in [0.5, 0.6) is 0 Å². The number of fused-ring (bicyclic) bond motifs is 1. The van der Waals surface area contributed by atoms with Crippen LogP contribution in [0.15, 0.2) is 22.6 Å². The summed E-state index contributed by atoms with van der Waals surface area (Å²) in [6.45, 7) is 1.67. The van der Waals surface area contributed by atoms with Gasteiger partial charge in [-0.3, -0.25) is 4.79 Å². The van der Waals surface area contributed by atoms with Gasteiger partial charge in [-0.15, -0.1) is 0 Å². The first-order chi connectivity index (χ1) is 12.8. The van der Waals surface area contributed by atoms with E-state index in [1.807, 2.05) is 6.07 Å². The summed E-state index contributed by atoms with van der Waals surface area (Å²) in [4.78, 5) is 18.7. The van der Waals surface area contributed by atoms with Gasteiger partial charge in [-0.25, -0.2) is 8.78 Å². The number of nitrogens with zero attached hydrogens (tertiary/aromatic N) is 2. The first kappa shape index (κ1) is 17.2. The average Bonchev–Trinajstić information content (AvgIpc) is 3.10. The predicted octanol–water partition coefficient (Wildman–Crippen LogP) is 4.00. The molecule has 2 saturated carbocycles. The van der Waals surface area contributed by atoms with E-state index in [0.717, 1.165) is 31.4 Å². The highest BCUT2D eigenvalue weighted by molar-refractivity contribution is 6.31. The molecule has 27 heavy (non-hydrogen) atoms. The molecule has 2 heterocycles. The number of halogens is 3. The van der Waals surface area contributed by atoms with Gasteiger partial charge in [-0.05, 0) is 37.5 Å². The lowest BCUT2D eigenvalue weighted by atomic mass is 9.60. The molecule has 1 aromatic heterocycles. The zero-order valence-electron chi connectivity index (χ0n) is 14.7. The maximum atomic E-state index is 13.3. The highest BCUT2D eigenvalue weighted by atomic mass is 35.5. The number of rotatable bonds is 3. The Morgan fingerprint density at radius 1 is 1.30 bits per heavy atom. The van der Waals surface area contributed by atoms with Gasteiger partial charge < -0.3 is 14.6 Å². The summed E-state index contributed by atoms with van der Waals surface area (Å²) in [5.41, 5.74) is 1.63. The van der Waals surface area contributed by atoms with Crippen molar-refractivity contribution in [3.63, 3.8) is 0 Å². The molecule has 1 aliphatic heterocycles. The van der Waals surface area contributed by atoms with E-state index >= 15 is 0 Å². The topological polar surface area (TPSA) is 58.4 Å². The van der Waals surface area contributed by atoms with Crippen molar-refractivity contribution in [3.05, 3.63) is 23.2 Å². The fourth-order valence-corrected chi connectivity index (χ4v) is 4.93. The van der Waals surface area contributed by atoms with Crippen molar-refractivity contribution < 1.29 is 18.0 Å². The van der Waals surface area contributed by atoms with Crippen LogP contribution in [-0.2, 0) is 4.79 Å². The molecule has 5 rings (SSSR count). The lowest BCUT2D eigenvalue weighted by Crippen LogP contribution is -2.67. The van der Waals surface area contributed by atoms with E-state index in [9.17, 15) is 13.6 Å².